The van der Waals surface area contributed by atoms with Crippen LogP contribution in [0.15, 0.2) is 11.4 Å². The topological polar surface area (TPSA) is 38.3 Å². The maximum Gasteiger partial charge on any atom is 0.265 e. The predicted molar refractivity (Wildman–Crippen MR) is 74.9 cm³/mol. The highest BCUT2D eigenvalue weighted by Gasteiger charge is 2.33. The van der Waals surface area contributed by atoms with Crippen LogP contribution in [0.25, 0.3) is 0 Å². The Bertz CT molecular complexity index is 413. The van der Waals surface area contributed by atoms with Crippen LogP contribution in [-0.2, 0) is 0 Å². The van der Waals surface area contributed by atoms with Gasteiger partial charge in [0, 0.05) is 5.88 Å². The fraction of sp³-hybridized carbons (Fsp3) is 0.615. The Kier molecular flexibility index (Phi) is 4.51. The highest BCUT2D eigenvalue weighted by Crippen LogP contribution is 2.31. The van der Waals surface area contributed by atoms with Crippen LogP contribution in [0.1, 0.15) is 41.8 Å². The molecule has 0 saturated heterocycles. The molecule has 0 radical (unpaired) electrons. The standard InChI is InChI=1S/C13H18ClNO2S/c1-17-10-5-8-18-11(10)12(16)15-13(9-14)6-3-2-4-7-13/h5,8H,2-4,6-7,9H2,1H3,(H,15,16). The molecule has 1 aromatic rings. The van der Waals surface area contributed by atoms with Gasteiger partial charge in [0.2, 0.25) is 0 Å². The third kappa shape index (κ3) is 2.81. The average molecular weight is 288 g/mol. The Balaban J connectivity index is 2.10. The maximum atomic E-state index is 12.3. The first-order chi connectivity index (χ1) is 8.71. The molecule has 3 nitrogen and oxygen atoms in total. The van der Waals surface area contributed by atoms with E-state index in [1.165, 1.54) is 17.8 Å². The van der Waals surface area contributed by atoms with Crippen molar-refractivity contribution in [2.45, 2.75) is 37.6 Å². The number of nitrogens with one attached hydrogen (secondary N) is 1. The van der Waals surface area contributed by atoms with E-state index < -0.39 is 0 Å². The summed E-state index contributed by atoms with van der Waals surface area (Å²) in [6.45, 7) is 0. The van der Waals surface area contributed by atoms with Gasteiger partial charge in [-0.2, -0.15) is 0 Å². The number of thiophene rings is 1. The molecule has 18 heavy (non-hydrogen) atoms. The zero-order valence-electron chi connectivity index (χ0n) is 10.5. The fourth-order valence-electron chi connectivity index (χ4n) is 2.44. The van der Waals surface area contributed by atoms with E-state index in [0.29, 0.717) is 16.5 Å². The number of hydrogen-bond donors (Lipinski definition) is 1. The molecule has 1 amide bonds. The van der Waals surface area contributed by atoms with Crippen molar-refractivity contribution in [1.82, 2.24) is 5.32 Å². The molecule has 1 heterocycles. The minimum Gasteiger partial charge on any atom is -0.495 e. The van der Waals surface area contributed by atoms with Crippen molar-refractivity contribution in [1.29, 1.82) is 0 Å². The molecule has 100 valence electrons. The Morgan fingerprint density at radius 2 is 2.22 bits per heavy atom. The molecule has 5 heteroatoms. The number of amides is 1. The molecule has 0 bridgehead atoms. The number of hydrogen-bond acceptors (Lipinski definition) is 3. The predicted octanol–water partition coefficient (Wildman–Crippen LogP) is 3.43. The summed E-state index contributed by atoms with van der Waals surface area (Å²) in [5.74, 6) is 1.05. The van der Waals surface area contributed by atoms with Crippen molar-refractivity contribution in [2.24, 2.45) is 0 Å². The highest BCUT2D eigenvalue weighted by molar-refractivity contribution is 7.12. The molecule has 1 aliphatic carbocycles. The van der Waals surface area contributed by atoms with Crippen LogP contribution in [0, 0.1) is 0 Å². The van der Waals surface area contributed by atoms with E-state index in [0.717, 1.165) is 25.7 Å². The molecular formula is C13H18ClNO2S. The van der Waals surface area contributed by atoms with E-state index in [4.69, 9.17) is 16.3 Å². The number of alkyl halides is 1. The zero-order chi connectivity index (χ0) is 13.0. The Hall–Kier alpha value is -0.740. The summed E-state index contributed by atoms with van der Waals surface area (Å²) in [7, 11) is 1.58. The van der Waals surface area contributed by atoms with Crippen LogP contribution in [0.4, 0.5) is 0 Å². The molecule has 1 N–H and O–H groups in total. The van der Waals surface area contributed by atoms with Crippen molar-refractivity contribution in [3.05, 3.63) is 16.3 Å². The van der Waals surface area contributed by atoms with Gasteiger partial charge in [0.25, 0.3) is 5.91 Å². The largest absolute Gasteiger partial charge is 0.495 e. The van der Waals surface area contributed by atoms with Gasteiger partial charge in [0.15, 0.2) is 0 Å². The van der Waals surface area contributed by atoms with E-state index in [1.54, 1.807) is 7.11 Å². The van der Waals surface area contributed by atoms with Crippen molar-refractivity contribution in [3.8, 4) is 5.75 Å². The molecular weight excluding hydrogens is 270 g/mol. The van der Waals surface area contributed by atoms with Gasteiger partial charge in [-0.05, 0) is 24.3 Å². The third-order valence-electron chi connectivity index (χ3n) is 3.50. The number of carbonyl (C=O) groups excluding carboxylic acids is 1. The van der Waals surface area contributed by atoms with Crippen LogP contribution >= 0.6 is 22.9 Å². The molecule has 1 aromatic heterocycles. The van der Waals surface area contributed by atoms with E-state index in [9.17, 15) is 4.79 Å². The third-order valence-corrected chi connectivity index (χ3v) is 4.91. The SMILES string of the molecule is COc1ccsc1C(=O)NC1(CCl)CCCCC1. The van der Waals surface area contributed by atoms with E-state index >= 15 is 0 Å². The van der Waals surface area contributed by atoms with Crippen LogP contribution in [0.3, 0.4) is 0 Å². The Labute approximate surface area is 116 Å². The van der Waals surface area contributed by atoms with Gasteiger partial charge in [0.05, 0.1) is 12.6 Å². The number of halogens is 1. The summed E-state index contributed by atoms with van der Waals surface area (Å²) < 4.78 is 5.18. The summed E-state index contributed by atoms with van der Waals surface area (Å²) in [6, 6.07) is 1.81. The molecule has 0 aliphatic heterocycles. The van der Waals surface area contributed by atoms with E-state index in [1.807, 2.05) is 11.4 Å². The second-order valence-corrected chi connectivity index (χ2v) is 5.93. The fourth-order valence-corrected chi connectivity index (χ4v) is 3.53. The van der Waals surface area contributed by atoms with Crippen molar-refractivity contribution < 1.29 is 9.53 Å². The van der Waals surface area contributed by atoms with E-state index in [2.05, 4.69) is 5.32 Å². The van der Waals surface area contributed by atoms with Gasteiger partial charge in [-0.15, -0.1) is 22.9 Å². The first kappa shape index (κ1) is 13.7. The molecule has 0 atom stereocenters. The van der Waals surface area contributed by atoms with Crippen molar-refractivity contribution in [3.63, 3.8) is 0 Å². The van der Waals surface area contributed by atoms with Crippen molar-refractivity contribution >= 4 is 28.8 Å². The normalized spacial score (nSPS) is 18.3. The lowest BCUT2D eigenvalue weighted by molar-refractivity contribution is 0.0886. The lowest BCUT2D eigenvalue weighted by Gasteiger charge is -2.36. The van der Waals surface area contributed by atoms with Crippen LogP contribution < -0.4 is 10.1 Å². The van der Waals surface area contributed by atoms with Crippen LogP contribution in [0.2, 0.25) is 0 Å². The first-order valence-electron chi connectivity index (χ1n) is 6.21. The summed E-state index contributed by atoms with van der Waals surface area (Å²) in [5, 5.41) is 4.98. The number of carbonyl (C=O) groups is 1. The molecule has 1 aliphatic rings. The minimum atomic E-state index is -0.230. The Morgan fingerprint density at radius 1 is 1.50 bits per heavy atom. The second-order valence-electron chi connectivity index (χ2n) is 4.75. The molecule has 0 unspecified atom stereocenters. The Morgan fingerprint density at radius 3 is 2.83 bits per heavy atom. The quantitative estimate of drug-likeness (QED) is 0.862. The van der Waals surface area contributed by atoms with Gasteiger partial charge < -0.3 is 10.1 Å². The molecule has 1 fully saturated rings. The number of rotatable bonds is 4. The molecule has 0 aromatic carbocycles. The van der Waals surface area contributed by atoms with Gasteiger partial charge >= 0.3 is 0 Å². The number of ether oxygens (including phenoxy) is 1. The maximum absolute atomic E-state index is 12.3. The summed E-state index contributed by atoms with van der Waals surface area (Å²) in [5.41, 5.74) is -0.230. The molecule has 2 rings (SSSR count). The zero-order valence-corrected chi connectivity index (χ0v) is 12.1. The minimum absolute atomic E-state index is 0.0654. The molecule has 0 spiro atoms. The smallest absolute Gasteiger partial charge is 0.265 e. The number of methoxy groups -OCH3 is 1. The first-order valence-corrected chi connectivity index (χ1v) is 7.62. The van der Waals surface area contributed by atoms with Crippen LogP contribution in [0.5, 0.6) is 5.75 Å². The van der Waals surface area contributed by atoms with Gasteiger partial charge in [-0.25, -0.2) is 0 Å². The lowest BCUT2D eigenvalue weighted by atomic mass is 9.83. The van der Waals surface area contributed by atoms with Gasteiger partial charge in [-0.3, -0.25) is 4.79 Å². The van der Waals surface area contributed by atoms with Crippen molar-refractivity contribution in [2.75, 3.05) is 13.0 Å². The summed E-state index contributed by atoms with van der Waals surface area (Å²) in [4.78, 5) is 12.9. The monoisotopic (exact) mass is 287 g/mol. The average Bonchev–Trinajstić information content (AvgIpc) is 2.88. The molecule has 1 saturated carbocycles. The summed E-state index contributed by atoms with van der Waals surface area (Å²) >= 11 is 7.47. The second kappa shape index (κ2) is 5.93. The van der Waals surface area contributed by atoms with Gasteiger partial charge in [0.1, 0.15) is 10.6 Å². The van der Waals surface area contributed by atoms with E-state index in [-0.39, 0.29) is 11.4 Å². The van der Waals surface area contributed by atoms with Gasteiger partial charge in [-0.1, -0.05) is 19.3 Å². The lowest BCUT2D eigenvalue weighted by Crippen LogP contribution is -2.51. The van der Waals surface area contributed by atoms with Crippen LogP contribution in [-0.4, -0.2) is 24.4 Å². The summed E-state index contributed by atoms with van der Waals surface area (Å²) in [6.07, 6.45) is 5.44. The highest BCUT2D eigenvalue weighted by atomic mass is 35.5.